The lowest BCUT2D eigenvalue weighted by Crippen LogP contribution is -2.47. The summed E-state index contributed by atoms with van der Waals surface area (Å²) in [4.78, 5) is 27.9. The van der Waals surface area contributed by atoms with E-state index in [1.807, 2.05) is 60.7 Å². The largest absolute Gasteiger partial charge is 0.385 e. The summed E-state index contributed by atoms with van der Waals surface area (Å²) in [5.41, 5.74) is 1.37. The fourth-order valence-electron chi connectivity index (χ4n) is 3.95. The van der Waals surface area contributed by atoms with Crippen LogP contribution in [-0.2, 0) is 10.4 Å². The quantitative estimate of drug-likeness (QED) is 0.493. The number of hydrogen-bond donors (Lipinski definition) is 2. The minimum absolute atomic E-state index is 0.212. The van der Waals surface area contributed by atoms with E-state index in [-0.39, 0.29) is 17.5 Å². The molecule has 1 aliphatic heterocycles. The van der Waals surface area contributed by atoms with Gasteiger partial charge in [0.1, 0.15) is 5.70 Å². The number of aliphatic hydroxyl groups is 1. The van der Waals surface area contributed by atoms with E-state index in [9.17, 15) is 14.7 Å². The molecule has 33 heavy (non-hydrogen) atoms. The highest BCUT2D eigenvalue weighted by Gasteiger charge is 2.36. The second-order valence-electron chi connectivity index (χ2n) is 8.12. The van der Waals surface area contributed by atoms with E-state index in [4.69, 9.17) is 0 Å². The molecule has 0 bridgehead atoms. The van der Waals surface area contributed by atoms with Crippen LogP contribution in [0.5, 0.6) is 0 Å². The Balaban J connectivity index is 1.52. The molecule has 4 rings (SSSR count). The molecular weight excluding hydrogens is 480 g/mol. The lowest BCUT2D eigenvalue weighted by atomic mass is 9.84. The smallest absolute Gasteiger partial charge is 0.270 e. The molecule has 5 nitrogen and oxygen atoms in total. The molecule has 0 saturated carbocycles. The number of piperidine rings is 1. The number of rotatable bonds is 5. The van der Waals surface area contributed by atoms with Crippen molar-refractivity contribution in [3.63, 3.8) is 0 Å². The third kappa shape index (κ3) is 5.59. The molecule has 1 fully saturated rings. The molecule has 1 heterocycles. The zero-order chi connectivity index (χ0) is 23.3. The maximum atomic E-state index is 13.4. The molecule has 0 aromatic heterocycles. The Morgan fingerprint density at radius 2 is 1.45 bits per heavy atom. The van der Waals surface area contributed by atoms with Crippen molar-refractivity contribution in [2.45, 2.75) is 18.4 Å². The topological polar surface area (TPSA) is 69.6 Å². The summed E-state index contributed by atoms with van der Waals surface area (Å²) < 4.78 is 0.951. The maximum Gasteiger partial charge on any atom is 0.270 e. The van der Waals surface area contributed by atoms with Crippen LogP contribution in [0, 0.1) is 0 Å². The molecule has 1 saturated heterocycles. The summed E-state index contributed by atoms with van der Waals surface area (Å²) in [6.07, 6.45) is 2.54. The zero-order valence-electron chi connectivity index (χ0n) is 18.1. The minimum Gasteiger partial charge on any atom is -0.385 e. The highest BCUT2D eigenvalue weighted by atomic mass is 79.9. The summed E-state index contributed by atoms with van der Waals surface area (Å²) in [6.45, 7) is 0.775. The standard InChI is InChI=1S/C27H25BrN2O3/c28-23-13-11-22(12-14-23)27(33)15-17-30(18-16-27)26(32)24(19-20-7-3-1-4-8-20)29-25(31)21-9-5-2-6-10-21/h1-14,19,33H,15-18H2,(H,29,31). The number of carbonyl (C=O) groups excluding carboxylic acids is 2. The van der Waals surface area contributed by atoms with Crippen molar-refractivity contribution >= 4 is 33.8 Å². The third-order valence-electron chi connectivity index (χ3n) is 5.88. The van der Waals surface area contributed by atoms with Crippen LogP contribution in [0.15, 0.2) is 95.1 Å². The normalized spacial score (nSPS) is 15.7. The van der Waals surface area contributed by atoms with Gasteiger partial charge < -0.3 is 15.3 Å². The van der Waals surface area contributed by atoms with Crippen molar-refractivity contribution < 1.29 is 14.7 Å². The molecular formula is C27H25BrN2O3. The van der Waals surface area contributed by atoms with Crippen molar-refractivity contribution in [2.24, 2.45) is 0 Å². The first-order valence-corrected chi connectivity index (χ1v) is 11.6. The number of nitrogens with zero attached hydrogens (tertiary/aromatic N) is 1. The fourth-order valence-corrected chi connectivity index (χ4v) is 4.21. The van der Waals surface area contributed by atoms with Gasteiger partial charge in [0, 0.05) is 23.1 Å². The second kappa shape index (κ2) is 10.1. The Hall–Kier alpha value is -3.22. The zero-order valence-corrected chi connectivity index (χ0v) is 19.7. The second-order valence-corrected chi connectivity index (χ2v) is 9.04. The van der Waals surface area contributed by atoms with Crippen molar-refractivity contribution in [3.8, 4) is 0 Å². The number of benzene rings is 3. The van der Waals surface area contributed by atoms with Gasteiger partial charge in [-0.25, -0.2) is 0 Å². The van der Waals surface area contributed by atoms with E-state index < -0.39 is 5.60 Å². The van der Waals surface area contributed by atoms with Gasteiger partial charge >= 0.3 is 0 Å². The number of halogens is 1. The lowest BCUT2D eigenvalue weighted by molar-refractivity contribution is -0.131. The third-order valence-corrected chi connectivity index (χ3v) is 6.41. The molecule has 3 aromatic carbocycles. The molecule has 0 aliphatic carbocycles. The van der Waals surface area contributed by atoms with Gasteiger partial charge in [-0.15, -0.1) is 0 Å². The Bertz CT molecular complexity index is 1140. The molecule has 0 radical (unpaired) electrons. The van der Waals surface area contributed by atoms with E-state index in [0.29, 0.717) is 31.5 Å². The van der Waals surface area contributed by atoms with Crippen LogP contribution in [0.2, 0.25) is 0 Å². The number of carbonyl (C=O) groups is 2. The molecule has 6 heteroatoms. The summed E-state index contributed by atoms with van der Waals surface area (Å²) in [7, 11) is 0. The first-order valence-electron chi connectivity index (χ1n) is 10.9. The molecule has 0 spiro atoms. The molecule has 2 amide bonds. The summed E-state index contributed by atoms with van der Waals surface area (Å²) >= 11 is 3.42. The fraction of sp³-hybridized carbons (Fsp3) is 0.185. The Labute approximate surface area is 201 Å². The predicted octanol–water partition coefficient (Wildman–Crippen LogP) is 4.73. The number of amides is 2. The highest BCUT2D eigenvalue weighted by Crippen LogP contribution is 2.33. The van der Waals surface area contributed by atoms with E-state index in [1.54, 1.807) is 35.2 Å². The number of likely N-dealkylation sites (tertiary alicyclic amines) is 1. The van der Waals surface area contributed by atoms with Crippen molar-refractivity contribution in [3.05, 3.63) is 112 Å². The van der Waals surface area contributed by atoms with Crippen LogP contribution in [-0.4, -0.2) is 34.9 Å². The van der Waals surface area contributed by atoms with Gasteiger partial charge in [0.2, 0.25) is 0 Å². The average Bonchev–Trinajstić information content (AvgIpc) is 2.85. The summed E-state index contributed by atoms with van der Waals surface area (Å²) in [5.74, 6) is -0.601. The van der Waals surface area contributed by atoms with Crippen LogP contribution in [0.1, 0.15) is 34.3 Å². The molecule has 1 aliphatic rings. The predicted molar refractivity (Wildman–Crippen MR) is 132 cm³/mol. The molecule has 3 aromatic rings. The molecule has 2 N–H and O–H groups in total. The van der Waals surface area contributed by atoms with E-state index in [2.05, 4.69) is 21.2 Å². The van der Waals surface area contributed by atoms with Gasteiger partial charge in [0.15, 0.2) is 0 Å². The van der Waals surface area contributed by atoms with E-state index in [0.717, 1.165) is 15.6 Å². The van der Waals surface area contributed by atoms with Gasteiger partial charge in [-0.1, -0.05) is 76.6 Å². The first-order chi connectivity index (χ1) is 15.9. The molecule has 0 unspecified atom stereocenters. The average molecular weight is 505 g/mol. The van der Waals surface area contributed by atoms with Gasteiger partial charge in [-0.3, -0.25) is 9.59 Å². The highest BCUT2D eigenvalue weighted by molar-refractivity contribution is 9.10. The molecule has 0 atom stereocenters. The number of hydrogen-bond acceptors (Lipinski definition) is 3. The number of nitrogens with one attached hydrogen (secondary N) is 1. The molecule has 168 valence electrons. The van der Waals surface area contributed by atoms with Gasteiger partial charge in [0.05, 0.1) is 5.60 Å². The van der Waals surface area contributed by atoms with Gasteiger partial charge in [0.25, 0.3) is 11.8 Å². The van der Waals surface area contributed by atoms with E-state index >= 15 is 0 Å². The maximum absolute atomic E-state index is 13.4. The summed E-state index contributed by atoms with van der Waals surface area (Å²) in [6, 6.07) is 25.9. The van der Waals surface area contributed by atoms with Crippen LogP contribution in [0.25, 0.3) is 6.08 Å². The Morgan fingerprint density at radius 3 is 2.06 bits per heavy atom. The Kier molecular flexibility index (Phi) is 7.06. The van der Waals surface area contributed by atoms with Crippen LogP contribution in [0.3, 0.4) is 0 Å². The van der Waals surface area contributed by atoms with Crippen LogP contribution in [0.4, 0.5) is 0 Å². The minimum atomic E-state index is -0.978. The van der Waals surface area contributed by atoms with Crippen molar-refractivity contribution in [2.75, 3.05) is 13.1 Å². The lowest BCUT2D eigenvalue weighted by Gasteiger charge is -2.38. The van der Waals surface area contributed by atoms with Gasteiger partial charge in [-0.05, 0) is 54.3 Å². The Morgan fingerprint density at radius 1 is 0.879 bits per heavy atom. The SMILES string of the molecule is O=C(NC(=Cc1ccccc1)C(=O)N1CCC(O)(c2ccc(Br)cc2)CC1)c1ccccc1. The summed E-state index contributed by atoms with van der Waals surface area (Å²) in [5, 5.41) is 14.0. The van der Waals surface area contributed by atoms with Crippen molar-refractivity contribution in [1.82, 2.24) is 10.2 Å². The first kappa shape index (κ1) is 23.0. The van der Waals surface area contributed by atoms with E-state index in [1.165, 1.54) is 0 Å². The van der Waals surface area contributed by atoms with Crippen molar-refractivity contribution in [1.29, 1.82) is 0 Å². The van der Waals surface area contributed by atoms with Gasteiger partial charge in [-0.2, -0.15) is 0 Å². The monoisotopic (exact) mass is 504 g/mol. The van der Waals surface area contributed by atoms with Crippen LogP contribution < -0.4 is 5.32 Å². The van der Waals surface area contributed by atoms with Crippen LogP contribution >= 0.6 is 15.9 Å².